The molecule has 0 amide bonds. The Morgan fingerprint density at radius 1 is 1.64 bits per heavy atom. The van der Waals surface area contributed by atoms with Gasteiger partial charge in [-0.15, -0.1) is 0 Å². The quantitative estimate of drug-likeness (QED) is 0.461. The van der Waals surface area contributed by atoms with Gasteiger partial charge in [0.1, 0.15) is 11.4 Å². The van der Waals surface area contributed by atoms with Crippen LogP contribution in [0.5, 0.6) is 0 Å². The number of aldehydes is 1. The van der Waals surface area contributed by atoms with Crippen LogP contribution in [0.2, 0.25) is 0 Å². The van der Waals surface area contributed by atoms with Gasteiger partial charge >= 0.3 is 0 Å². The number of carbonyl (C=O) groups excluding carboxylic acids is 1. The summed E-state index contributed by atoms with van der Waals surface area (Å²) in [5.41, 5.74) is 0.357. The molecule has 0 atom stereocenters. The monoisotopic (exact) mass is 375 g/mol. The molecule has 6 heteroatoms. The maximum atomic E-state index is 12.3. The van der Waals surface area contributed by atoms with Crippen LogP contribution >= 0.6 is 38.5 Å². The number of hydrogen-bond acceptors (Lipinski definition) is 2. The van der Waals surface area contributed by atoms with Crippen molar-refractivity contribution in [2.45, 2.75) is 11.8 Å². The molecule has 0 spiro atoms. The van der Waals surface area contributed by atoms with Gasteiger partial charge in [-0.25, -0.2) is 13.8 Å². The lowest BCUT2D eigenvalue weighted by Gasteiger charge is -2.06. The molecule has 0 unspecified atom stereocenters. The van der Waals surface area contributed by atoms with Crippen LogP contribution in [-0.2, 0) is 5.33 Å². The van der Waals surface area contributed by atoms with E-state index in [1.54, 1.807) is 0 Å². The molecule has 0 radical (unpaired) electrons. The first-order chi connectivity index (χ1) is 6.60. The molecule has 0 N–H and O–H groups in total. The van der Waals surface area contributed by atoms with E-state index < -0.39 is 6.43 Å². The Kier molecular flexibility index (Phi) is 4.36. The van der Waals surface area contributed by atoms with E-state index in [0.717, 1.165) is 0 Å². The second kappa shape index (κ2) is 5.11. The summed E-state index contributed by atoms with van der Waals surface area (Å²) < 4.78 is 25.2. The molecule has 14 heavy (non-hydrogen) atoms. The molecule has 1 rings (SSSR count). The molecule has 0 saturated carbocycles. The second-order valence-electron chi connectivity index (χ2n) is 2.44. The van der Waals surface area contributed by atoms with E-state index in [2.05, 4.69) is 20.9 Å². The van der Waals surface area contributed by atoms with Gasteiger partial charge in [0.15, 0.2) is 6.29 Å². The molecule has 0 aliphatic rings. The predicted octanol–water partition coefficient (Wildman–Crippen LogP) is 3.33. The zero-order valence-electron chi connectivity index (χ0n) is 6.81. The van der Waals surface area contributed by atoms with Crippen LogP contribution < -0.4 is 0 Å². The third-order valence-corrected chi connectivity index (χ3v) is 3.11. The highest BCUT2D eigenvalue weighted by Gasteiger charge is 2.15. The highest BCUT2D eigenvalue weighted by atomic mass is 127. The third-order valence-electron chi connectivity index (χ3n) is 1.59. The standard InChI is InChI=1S/C8H5BrF2INO/c9-2-4-5(12)1-6(8(10)11)13-7(4)3-14/h1,3,8H,2H2. The van der Waals surface area contributed by atoms with Crippen molar-refractivity contribution in [2.75, 3.05) is 0 Å². The van der Waals surface area contributed by atoms with E-state index >= 15 is 0 Å². The Morgan fingerprint density at radius 2 is 2.29 bits per heavy atom. The summed E-state index contributed by atoms with van der Waals surface area (Å²) in [7, 11) is 0. The van der Waals surface area contributed by atoms with Crippen LogP contribution in [0.1, 0.15) is 28.2 Å². The highest BCUT2D eigenvalue weighted by Crippen LogP contribution is 2.24. The van der Waals surface area contributed by atoms with Crippen molar-refractivity contribution in [3.63, 3.8) is 0 Å². The zero-order chi connectivity index (χ0) is 10.7. The van der Waals surface area contributed by atoms with Gasteiger partial charge in [-0.1, -0.05) is 15.9 Å². The number of rotatable bonds is 3. The molecule has 0 aliphatic heterocycles. The molecule has 0 aliphatic carbocycles. The first-order valence-electron chi connectivity index (χ1n) is 3.58. The number of halogens is 4. The predicted molar refractivity (Wildman–Crippen MR) is 59.9 cm³/mol. The van der Waals surface area contributed by atoms with E-state index in [1.807, 2.05) is 22.6 Å². The molecule has 0 bridgehead atoms. The van der Waals surface area contributed by atoms with Crippen molar-refractivity contribution in [1.29, 1.82) is 0 Å². The summed E-state index contributed by atoms with van der Waals surface area (Å²) in [6.07, 6.45) is -2.16. The van der Waals surface area contributed by atoms with Gasteiger partial charge in [0.05, 0.1) is 0 Å². The fraction of sp³-hybridized carbons (Fsp3) is 0.250. The second-order valence-corrected chi connectivity index (χ2v) is 4.17. The average Bonchev–Trinajstić information content (AvgIpc) is 2.16. The summed E-state index contributed by atoms with van der Waals surface area (Å²) in [4.78, 5) is 14.2. The highest BCUT2D eigenvalue weighted by molar-refractivity contribution is 14.1. The van der Waals surface area contributed by atoms with Gasteiger partial charge in [0.25, 0.3) is 6.43 Å². The van der Waals surface area contributed by atoms with Crippen molar-refractivity contribution >= 4 is 44.8 Å². The minimum Gasteiger partial charge on any atom is -0.296 e. The van der Waals surface area contributed by atoms with E-state index in [9.17, 15) is 13.6 Å². The average molecular weight is 376 g/mol. The van der Waals surface area contributed by atoms with Crippen LogP contribution in [0.4, 0.5) is 8.78 Å². The maximum absolute atomic E-state index is 12.3. The van der Waals surface area contributed by atoms with E-state index in [-0.39, 0.29) is 11.4 Å². The normalized spacial score (nSPS) is 10.6. The first kappa shape index (κ1) is 12.0. The van der Waals surface area contributed by atoms with Gasteiger partial charge in [0, 0.05) is 14.5 Å². The smallest absolute Gasteiger partial charge is 0.280 e. The van der Waals surface area contributed by atoms with Gasteiger partial charge < -0.3 is 0 Å². The molecule has 76 valence electrons. The van der Waals surface area contributed by atoms with Crippen molar-refractivity contribution in [1.82, 2.24) is 4.98 Å². The van der Waals surface area contributed by atoms with E-state index in [1.165, 1.54) is 6.07 Å². The third kappa shape index (κ3) is 2.47. The largest absolute Gasteiger partial charge is 0.296 e. The lowest BCUT2D eigenvalue weighted by Crippen LogP contribution is -2.02. The Labute approximate surface area is 101 Å². The van der Waals surface area contributed by atoms with Crippen molar-refractivity contribution in [2.24, 2.45) is 0 Å². The number of pyridine rings is 1. The van der Waals surface area contributed by atoms with Crippen molar-refractivity contribution < 1.29 is 13.6 Å². The van der Waals surface area contributed by atoms with Gasteiger partial charge in [-0.2, -0.15) is 0 Å². The van der Waals surface area contributed by atoms with Crippen molar-refractivity contribution in [3.05, 3.63) is 26.6 Å². The minimum absolute atomic E-state index is 0.0732. The molecule has 0 aromatic carbocycles. The lowest BCUT2D eigenvalue weighted by atomic mass is 10.2. The zero-order valence-corrected chi connectivity index (χ0v) is 10.5. The molecular formula is C8H5BrF2INO. The number of carbonyl (C=O) groups is 1. The number of nitrogens with zero attached hydrogens (tertiary/aromatic N) is 1. The van der Waals surface area contributed by atoms with Crippen LogP contribution in [0.25, 0.3) is 0 Å². The van der Waals surface area contributed by atoms with E-state index in [0.29, 0.717) is 20.7 Å². The Bertz CT molecular complexity index is 359. The molecule has 2 nitrogen and oxygen atoms in total. The summed E-state index contributed by atoms with van der Waals surface area (Å²) in [5, 5.41) is 0.426. The first-order valence-corrected chi connectivity index (χ1v) is 5.78. The van der Waals surface area contributed by atoms with Gasteiger partial charge in [-0.3, -0.25) is 4.79 Å². The summed E-state index contributed by atoms with van der Waals surface area (Å²) in [5.74, 6) is 0. The van der Waals surface area contributed by atoms with Crippen molar-refractivity contribution in [3.8, 4) is 0 Å². The topological polar surface area (TPSA) is 30.0 Å². The summed E-state index contributed by atoms with van der Waals surface area (Å²) in [6, 6.07) is 1.29. The van der Waals surface area contributed by atoms with Crippen LogP contribution in [-0.4, -0.2) is 11.3 Å². The molecule has 0 fully saturated rings. The summed E-state index contributed by atoms with van der Waals surface area (Å²) >= 11 is 5.08. The van der Waals surface area contributed by atoms with Crippen LogP contribution in [0.3, 0.4) is 0 Å². The fourth-order valence-electron chi connectivity index (χ4n) is 0.920. The van der Waals surface area contributed by atoms with Crippen LogP contribution in [0, 0.1) is 3.57 Å². The van der Waals surface area contributed by atoms with Gasteiger partial charge in [0.2, 0.25) is 0 Å². The number of hydrogen-bond donors (Lipinski definition) is 0. The molecular weight excluding hydrogens is 371 g/mol. The van der Waals surface area contributed by atoms with Crippen LogP contribution in [0.15, 0.2) is 6.07 Å². The molecule has 1 heterocycles. The minimum atomic E-state index is -2.65. The molecule has 0 saturated heterocycles. The molecule has 1 aromatic heterocycles. The Balaban J connectivity index is 3.31. The summed E-state index contributed by atoms with van der Waals surface area (Å²) in [6.45, 7) is 0. The van der Waals surface area contributed by atoms with Gasteiger partial charge in [-0.05, 0) is 28.7 Å². The van der Waals surface area contributed by atoms with E-state index in [4.69, 9.17) is 0 Å². The SMILES string of the molecule is O=Cc1nc(C(F)F)cc(I)c1CBr. The maximum Gasteiger partial charge on any atom is 0.280 e. The Morgan fingerprint density at radius 3 is 2.71 bits per heavy atom. The molecule has 1 aromatic rings. The number of alkyl halides is 3. The number of aromatic nitrogens is 1. The fourth-order valence-corrected chi connectivity index (χ4v) is 2.82. The Hall–Kier alpha value is -0.110. The lowest BCUT2D eigenvalue weighted by molar-refractivity contribution is 0.111.